The van der Waals surface area contributed by atoms with Gasteiger partial charge in [0.15, 0.2) is 13.6 Å². The van der Waals surface area contributed by atoms with Gasteiger partial charge in [0.25, 0.3) is 0 Å². The number of carbonyl (C=O) groups excluding carboxylic acids is 1. The molecule has 7 heteroatoms. The Labute approximate surface area is 197 Å². The molecule has 1 aliphatic heterocycles. The molecular weight excluding hydrogens is 424 g/mol. The Morgan fingerprint density at radius 2 is 1.67 bits per heavy atom. The fourth-order valence-electron chi connectivity index (χ4n) is 3.47. The van der Waals surface area contributed by atoms with E-state index in [4.69, 9.17) is 28.4 Å². The summed E-state index contributed by atoms with van der Waals surface area (Å²) in [5.41, 5.74) is 1.96. The summed E-state index contributed by atoms with van der Waals surface area (Å²) in [6, 6.07) is 1.71. The topological polar surface area (TPSA) is 72.5 Å². The first-order valence-electron chi connectivity index (χ1n) is 11.6. The third-order valence-corrected chi connectivity index (χ3v) is 5.34. The Morgan fingerprint density at radius 3 is 2.33 bits per heavy atom. The molecular formula is C26H38O7. The minimum absolute atomic E-state index is 0.0100. The van der Waals surface area contributed by atoms with Gasteiger partial charge in [0.1, 0.15) is 23.2 Å². The maximum atomic E-state index is 13.4. The molecule has 0 radical (unpaired) electrons. The van der Waals surface area contributed by atoms with Crippen LogP contribution in [0.4, 0.5) is 0 Å². The van der Waals surface area contributed by atoms with Gasteiger partial charge in [-0.3, -0.25) is 0 Å². The number of methoxy groups -OCH3 is 1. The minimum Gasteiger partial charge on any atom is -0.467 e. The van der Waals surface area contributed by atoms with Gasteiger partial charge in [-0.2, -0.15) is 0 Å². The zero-order chi connectivity index (χ0) is 24.1. The third-order valence-electron chi connectivity index (χ3n) is 5.34. The molecule has 0 aliphatic carbocycles. The fraction of sp³-hybridized carbons (Fsp3) is 0.577. The van der Waals surface area contributed by atoms with Gasteiger partial charge in [-0.1, -0.05) is 24.3 Å². The van der Waals surface area contributed by atoms with E-state index in [0.29, 0.717) is 43.1 Å². The van der Waals surface area contributed by atoms with E-state index >= 15 is 0 Å². The summed E-state index contributed by atoms with van der Waals surface area (Å²) in [5, 5.41) is 0. The molecule has 7 nitrogen and oxygen atoms in total. The number of ether oxygens (including phenoxy) is 6. The highest BCUT2D eigenvalue weighted by Gasteiger charge is 2.27. The highest BCUT2D eigenvalue weighted by molar-refractivity contribution is 5.95. The summed E-state index contributed by atoms with van der Waals surface area (Å²) in [4.78, 5) is 13.4. The van der Waals surface area contributed by atoms with E-state index in [2.05, 4.69) is 18.2 Å². The van der Waals surface area contributed by atoms with Crippen LogP contribution in [0, 0.1) is 6.92 Å². The molecule has 0 fully saturated rings. The monoisotopic (exact) mass is 462 g/mol. The van der Waals surface area contributed by atoms with Gasteiger partial charge in [-0.05, 0) is 51.7 Å². The van der Waals surface area contributed by atoms with Crippen LogP contribution in [0.3, 0.4) is 0 Å². The molecule has 184 valence electrons. The van der Waals surface area contributed by atoms with Crippen molar-refractivity contribution in [1.29, 1.82) is 0 Å². The van der Waals surface area contributed by atoms with Crippen molar-refractivity contribution in [1.82, 2.24) is 0 Å². The van der Waals surface area contributed by atoms with Gasteiger partial charge < -0.3 is 28.4 Å². The second-order valence-electron chi connectivity index (χ2n) is 7.77. The highest BCUT2D eigenvalue weighted by Crippen LogP contribution is 2.36. The van der Waals surface area contributed by atoms with E-state index in [-0.39, 0.29) is 25.8 Å². The Kier molecular flexibility index (Phi) is 12.0. The molecule has 0 bridgehead atoms. The van der Waals surface area contributed by atoms with Gasteiger partial charge in [0.05, 0.1) is 6.10 Å². The van der Waals surface area contributed by atoms with Crippen LogP contribution in [0.2, 0.25) is 0 Å². The molecule has 2 rings (SSSR count). The molecule has 2 atom stereocenters. The first-order chi connectivity index (χ1) is 16.0. The van der Waals surface area contributed by atoms with Crippen molar-refractivity contribution in [2.24, 2.45) is 0 Å². The Balaban J connectivity index is 2.57. The van der Waals surface area contributed by atoms with E-state index in [1.807, 2.05) is 33.8 Å². The number of hydrogen-bond donors (Lipinski definition) is 0. The van der Waals surface area contributed by atoms with E-state index in [9.17, 15) is 4.79 Å². The summed E-state index contributed by atoms with van der Waals surface area (Å²) in [5.74, 6) is 0.499. The van der Waals surface area contributed by atoms with Crippen LogP contribution in [0.1, 0.15) is 61.5 Å². The molecule has 1 aliphatic rings. The van der Waals surface area contributed by atoms with E-state index in [1.54, 1.807) is 13.2 Å². The molecule has 0 aromatic heterocycles. The van der Waals surface area contributed by atoms with Crippen LogP contribution >= 0.6 is 0 Å². The number of fused-ring (bicyclic) bond motifs is 1. The lowest BCUT2D eigenvalue weighted by Crippen LogP contribution is -2.21. The number of esters is 1. The van der Waals surface area contributed by atoms with Gasteiger partial charge >= 0.3 is 5.97 Å². The Hall–Kier alpha value is -2.35. The fourth-order valence-corrected chi connectivity index (χ4v) is 3.47. The second kappa shape index (κ2) is 14.7. The third kappa shape index (κ3) is 8.50. The van der Waals surface area contributed by atoms with Crippen LogP contribution in [0.5, 0.6) is 11.5 Å². The minimum atomic E-state index is -0.437. The first-order valence-corrected chi connectivity index (χ1v) is 11.6. The van der Waals surface area contributed by atoms with Crippen LogP contribution in [-0.2, 0) is 25.4 Å². The van der Waals surface area contributed by atoms with Gasteiger partial charge in [-0.25, -0.2) is 4.79 Å². The molecule has 0 saturated carbocycles. The number of allylic oxidation sites excluding steroid dienone is 2. The number of hydrogen-bond acceptors (Lipinski definition) is 7. The van der Waals surface area contributed by atoms with Crippen LogP contribution < -0.4 is 9.47 Å². The molecule has 1 aromatic carbocycles. The Bertz CT molecular complexity index is 800. The van der Waals surface area contributed by atoms with Crippen molar-refractivity contribution < 1.29 is 33.2 Å². The smallest absolute Gasteiger partial charge is 0.342 e. The predicted octanol–water partition coefficient (Wildman–Crippen LogP) is 5.14. The molecule has 1 heterocycles. The zero-order valence-corrected chi connectivity index (χ0v) is 20.6. The molecule has 0 spiro atoms. The average molecular weight is 463 g/mol. The lowest BCUT2D eigenvalue weighted by atomic mass is 9.94. The van der Waals surface area contributed by atoms with Crippen LogP contribution in [0.15, 0.2) is 30.4 Å². The van der Waals surface area contributed by atoms with Crippen LogP contribution in [-0.4, -0.2) is 52.1 Å². The SMILES string of the molecule is CCOCOc1cc(OCOCC)c2c(c1C)CC(OC)/C=C/CC/C=C/C[C@@H](C)OC2=O. The van der Waals surface area contributed by atoms with Gasteiger partial charge in [-0.15, -0.1) is 0 Å². The van der Waals surface area contributed by atoms with Gasteiger partial charge in [0, 0.05) is 39.2 Å². The van der Waals surface area contributed by atoms with Crippen molar-refractivity contribution >= 4 is 5.97 Å². The highest BCUT2D eigenvalue weighted by atomic mass is 16.7. The molecule has 1 unspecified atom stereocenters. The van der Waals surface area contributed by atoms with E-state index in [1.165, 1.54) is 0 Å². The number of carbonyl (C=O) groups is 1. The van der Waals surface area contributed by atoms with Crippen molar-refractivity contribution in [3.8, 4) is 11.5 Å². The second-order valence-corrected chi connectivity index (χ2v) is 7.77. The Morgan fingerprint density at radius 1 is 1.00 bits per heavy atom. The molecule has 0 N–H and O–H groups in total. The zero-order valence-electron chi connectivity index (χ0n) is 20.6. The maximum absolute atomic E-state index is 13.4. The molecule has 0 saturated heterocycles. The summed E-state index contributed by atoms with van der Waals surface area (Å²) in [7, 11) is 1.66. The summed E-state index contributed by atoms with van der Waals surface area (Å²) < 4.78 is 34.0. The normalized spacial score (nSPS) is 21.4. The maximum Gasteiger partial charge on any atom is 0.342 e. The first kappa shape index (κ1) is 26.9. The van der Waals surface area contributed by atoms with Crippen LogP contribution in [0.25, 0.3) is 0 Å². The number of benzene rings is 1. The summed E-state index contributed by atoms with van der Waals surface area (Å²) in [6.07, 6.45) is 10.8. The quantitative estimate of drug-likeness (QED) is 0.218. The van der Waals surface area contributed by atoms with Crippen molar-refractivity contribution in [3.63, 3.8) is 0 Å². The summed E-state index contributed by atoms with van der Waals surface area (Å²) in [6.45, 7) is 8.73. The number of rotatable bonds is 9. The average Bonchev–Trinajstić information content (AvgIpc) is 2.79. The van der Waals surface area contributed by atoms with E-state index in [0.717, 1.165) is 24.0 Å². The lowest BCUT2D eigenvalue weighted by molar-refractivity contribution is 0.0157. The molecule has 33 heavy (non-hydrogen) atoms. The van der Waals surface area contributed by atoms with Crippen molar-refractivity contribution in [3.05, 3.63) is 47.1 Å². The van der Waals surface area contributed by atoms with E-state index < -0.39 is 5.97 Å². The lowest BCUT2D eigenvalue weighted by Gasteiger charge is -2.23. The van der Waals surface area contributed by atoms with Gasteiger partial charge in [0.2, 0.25) is 0 Å². The predicted molar refractivity (Wildman–Crippen MR) is 127 cm³/mol. The number of cyclic esters (lactones) is 1. The summed E-state index contributed by atoms with van der Waals surface area (Å²) >= 11 is 0. The standard InChI is InChI=1S/C26H38O7/c1-6-29-17-31-23-16-24(32-18-30-7-2)25-22(20(23)4)15-21(28-5)14-12-10-8-9-11-13-19(3)33-26(25)27/h9,11-12,14,16,19,21H,6-8,10,13,15,17-18H2,1-5H3/b11-9+,14-12+/t19-,21?/m1/s1. The van der Waals surface area contributed by atoms with Crippen molar-refractivity contribution in [2.75, 3.05) is 33.9 Å². The van der Waals surface area contributed by atoms with Crippen molar-refractivity contribution in [2.45, 2.75) is 65.6 Å². The molecule has 0 amide bonds. The largest absolute Gasteiger partial charge is 0.467 e. The molecule has 1 aromatic rings.